The van der Waals surface area contributed by atoms with E-state index in [2.05, 4.69) is 15.6 Å². The quantitative estimate of drug-likeness (QED) is 0.651. The first-order chi connectivity index (χ1) is 13.5. The molecule has 1 aromatic heterocycles. The van der Waals surface area contributed by atoms with Crippen LogP contribution in [0, 0.1) is 0 Å². The maximum Gasteiger partial charge on any atom is 0.325 e. The number of ether oxygens (including phenoxy) is 2. The number of carbonyl (C=O) groups is 3. The van der Waals surface area contributed by atoms with Crippen LogP contribution in [0.15, 0.2) is 29.8 Å². The molecule has 10 heteroatoms. The molecular weight excluding hydrogens is 384 g/mol. The van der Waals surface area contributed by atoms with Crippen LogP contribution in [0.5, 0.6) is 11.5 Å². The number of rotatable bonds is 8. The molecule has 2 N–H and O–H groups in total. The number of imide groups is 1. The Bertz CT molecular complexity index is 871. The van der Waals surface area contributed by atoms with E-state index < -0.39 is 12.1 Å². The van der Waals surface area contributed by atoms with Gasteiger partial charge in [0.05, 0.1) is 20.8 Å². The van der Waals surface area contributed by atoms with Crippen LogP contribution in [0.25, 0.3) is 0 Å². The van der Waals surface area contributed by atoms with E-state index in [-0.39, 0.29) is 31.2 Å². The van der Waals surface area contributed by atoms with Crippen molar-refractivity contribution in [1.82, 2.24) is 15.2 Å². The lowest BCUT2D eigenvalue weighted by Gasteiger charge is -2.15. The highest BCUT2D eigenvalue weighted by Gasteiger charge is 2.37. The number of urea groups is 1. The van der Waals surface area contributed by atoms with Gasteiger partial charge in [0.15, 0.2) is 16.6 Å². The molecule has 148 valence electrons. The minimum absolute atomic E-state index is 0.0977. The van der Waals surface area contributed by atoms with E-state index in [0.717, 1.165) is 10.5 Å². The van der Waals surface area contributed by atoms with Gasteiger partial charge in [0.1, 0.15) is 6.04 Å². The SMILES string of the molecule is COc1ccc(CN2C(=O)N[C@@H](CCC(=O)Nc3nccs3)C2=O)cc1OC. The minimum atomic E-state index is -0.727. The van der Waals surface area contributed by atoms with Gasteiger partial charge in [-0.25, -0.2) is 9.78 Å². The summed E-state index contributed by atoms with van der Waals surface area (Å²) in [5, 5.41) is 7.53. The second-order valence-corrected chi connectivity index (χ2v) is 6.93. The van der Waals surface area contributed by atoms with Crippen molar-refractivity contribution in [2.75, 3.05) is 19.5 Å². The lowest BCUT2D eigenvalue weighted by molar-refractivity contribution is -0.128. The molecule has 2 heterocycles. The fraction of sp³-hybridized carbons (Fsp3) is 0.333. The molecule has 0 radical (unpaired) electrons. The number of hydrogen-bond acceptors (Lipinski definition) is 7. The fourth-order valence-corrected chi connectivity index (χ4v) is 3.37. The Morgan fingerprint density at radius 3 is 2.75 bits per heavy atom. The van der Waals surface area contributed by atoms with Crippen LogP contribution in [-0.2, 0) is 16.1 Å². The zero-order valence-corrected chi connectivity index (χ0v) is 16.2. The Morgan fingerprint density at radius 2 is 2.07 bits per heavy atom. The smallest absolute Gasteiger partial charge is 0.325 e. The van der Waals surface area contributed by atoms with Gasteiger partial charge in [0, 0.05) is 18.0 Å². The number of amides is 4. The summed E-state index contributed by atoms with van der Waals surface area (Å²) in [7, 11) is 3.05. The number of methoxy groups -OCH3 is 2. The first kappa shape index (κ1) is 19.6. The van der Waals surface area contributed by atoms with Crippen LogP contribution >= 0.6 is 11.3 Å². The molecule has 28 heavy (non-hydrogen) atoms. The first-order valence-electron chi connectivity index (χ1n) is 8.54. The van der Waals surface area contributed by atoms with Gasteiger partial charge in [0.2, 0.25) is 5.91 Å². The van der Waals surface area contributed by atoms with Crippen LogP contribution in [0.4, 0.5) is 9.93 Å². The Morgan fingerprint density at radius 1 is 1.29 bits per heavy atom. The van der Waals surface area contributed by atoms with Crippen molar-refractivity contribution < 1.29 is 23.9 Å². The summed E-state index contributed by atoms with van der Waals surface area (Å²) in [6.07, 6.45) is 1.90. The maximum absolute atomic E-state index is 12.6. The summed E-state index contributed by atoms with van der Waals surface area (Å²) >= 11 is 1.31. The Hall–Kier alpha value is -3.14. The third kappa shape index (κ3) is 4.39. The average molecular weight is 404 g/mol. The molecule has 9 nitrogen and oxygen atoms in total. The van der Waals surface area contributed by atoms with Crippen LogP contribution < -0.4 is 20.1 Å². The summed E-state index contributed by atoms with van der Waals surface area (Å²) in [4.78, 5) is 41.8. The molecule has 1 aromatic carbocycles. The molecule has 1 saturated heterocycles. The second kappa shape index (κ2) is 8.70. The number of nitrogens with one attached hydrogen (secondary N) is 2. The van der Waals surface area contributed by atoms with E-state index in [0.29, 0.717) is 16.6 Å². The molecule has 1 aliphatic rings. The van der Waals surface area contributed by atoms with Gasteiger partial charge in [-0.3, -0.25) is 14.5 Å². The molecule has 0 spiro atoms. The van der Waals surface area contributed by atoms with E-state index in [9.17, 15) is 14.4 Å². The standard InChI is InChI=1S/C18H20N4O5S/c1-26-13-5-3-11(9-14(13)27-2)10-22-16(24)12(20-18(22)25)4-6-15(23)21-17-19-7-8-28-17/h3,5,7-9,12H,4,6,10H2,1-2H3,(H,20,25)(H,19,21,23)/t12-/m0/s1. The van der Waals surface area contributed by atoms with Crippen LogP contribution in [0.3, 0.4) is 0 Å². The Balaban J connectivity index is 1.58. The normalized spacial score (nSPS) is 16.1. The lowest BCUT2D eigenvalue weighted by atomic mass is 10.1. The summed E-state index contributed by atoms with van der Waals surface area (Å²) in [6, 6.07) is 3.98. The van der Waals surface area contributed by atoms with Crippen LogP contribution in [0.1, 0.15) is 18.4 Å². The predicted molar refractivity (Wildman–Crippen MR) is 102 cm³/mol. The van der Waals surface area contributed by atoms with Crippen LogP contribution in [0.2, 0.25) is 0 Å². The molecular formula is C18H20N4O5S. The molecule has 3 rings (SSSR count). The molecule has 1 aliphatic heterocycles. The van der Waals surface area contributed by atoms with E-state index >= 15 is 0 Å². The number of hydrogen-bond donors (Lipinski definition) is 2. The molecule has 0 saturated carbocycles. The molecule has 0 aliphatic carbocycles. The summed E-state index contributed by atoms with van der Waals surface area (Å²) < 4.78 is 10.4. The highest BCUT2D eigenvalue weighted by molar-refractivity contribution is 7.13. The van der Waals surface area contributed by atoms with Crippen molar-refractivity contribution >= 4 is 34.3 Å². The third-order valence-corrected chi connectivity index (χ3v) is 4.92. The van der Waals surface area contributed by atoms with Gasteiger partial charge in [-0.2, -0.15) is 0 Å². The highest BCUT2D eigenvalue weighted by Crippen LogP contribution is 2.28. The van der Waals surface area contributed by atoms with Gasteiger partial charge in [-0.15, -0.1) is 11.3 Å². The van der Waals surface area contributed by atoms with Gasteiger partial charge >= 0.3 is 6.03 Å². The van der Waals surface area contributed by atoms with Crippen molar-refractivity contribution in [3.8, 4) is 11.5 Å². The molecule has 1 fully saturated rings. The highest BCUT2D eigenvalue weighted by atomic mass is 32.1. The number of benzene rings is 1. The van der Waals surface area contributed by atoms with E-state index in [1.807, 2.05) is 0 Å². The van der Waals surface area contributed by atoms with Gasteiger partial charge in [-0.05, 0) is 24.1 Å². The first-order valence-corrected chi connectivity index (χ1v) is 9.42. The summed E-state index contributed by atoms with van der Waals surface area (Å²) in [5.41, 5.74) is 0.725. The number of aromatic nitrogens is 1. The molecule has 0 bridgehead atoms. The Kier molecular flexibility index (Phi) is 6.09. The van der Waals surface area contributed by atoms with Crippen molar-refractivity contribution in [1.29, 1.82) is 0 Å². The zero-order chi connectivity index (χ0) is 20.1. The average Bonchev–Trinajstić information content (AvgIpc) is 3.29. The van der Waals surface area contributed by atoms with Gasteiger partial charge < -0.3 is 20.1 Å². The molecule has 4 amide bonds. The van der Waals surface area contributed by atoms with Crippen molar-refractivity contribution in [3.63, 3.8) is 0 Å². The number of carbonyl (C=O) groups excluding carboxylic acids is 3. The lowest BCUT2D eigenvalue weighted by Crippen LogP contribution is -2.31. The van der Waals surface area contributed by atoms with Gasteiger partial charge in [0.25, 0.3) is 5.91 Å². The third-order valence-electron chi connectivity index (χ3n) is 4.23. The monoisotopic (exact) mass is 404 g/mol. The van der Waals surface area contributed by atoms with Crippen molar-refractivity contribution in [3.05, 3.63) is 35.3 Å². The predicted octanol–water partition coefficient (Wildman–Crippen LogP) is 2.00. The van der Waals surface area contributed by atoms with E-state index in [1.165, 1.54) is 25.6 Å². The largest absolute Gasteiger partial charge is 0.493 e. The number of nitrogens with zero attached hydrogens (tertiary/aromatic N) is 2. The number of thiazole rings is 1. The molecule has 2 aromatic rings. The maximum atomic E-state index is 12.6. The van der Waals surface area contributed by atoms with Crippen molar-refractivity contribution in [2.45, 2.75) is 25.4 Å². The second-order valence-electron chi connectivity index (χ2n) is 6.04. The topological polar surface area (TPSA) is 110 Å². The van der Waals surface area contributed by atoms with Gasteiger partial charge in [-0.1, -0.05) is 6.07 Å². The van der Waals surface area contributed by atoms with E-state index in [4.69, 9.17) is 9.47 Å². The minimum Gasteiger partial charge on any atom is -0.493 e. The zero-order valence-electron chi connectivity index (χ0n) is 15.4. The summed E-state index contributed by atoms with van der Waals surface area (Å²) in [5.74, 6) is 0.465. The molecule has 1 atom stereocenters. The number of anilines is 1. The van der Waals surface area contributed by atoms with E-state index in [1.54, 1.807) is 29.8 Å². The fourth-order valence-electron chi connectivity index (χ4n) is 2.83. The molecule has 0 unspecified atom stereocenters. The Labute approximate surface area is 165 Å². The summed E-state index contributed by atoms with van der Waals surface area (Å²) in [6.45, 7) is 0.104. The van der Waals surface area contributed by atoms with Crippen molar-refractivity contribution in [2.24, 2.45) is 0 Å². The van der Waals surface area contributed by atoms with Crippen LogP contribution in [-0.4, -0.2) is 48.0 Å².